The van der Waals surface area contributed by atoms with E-state index in [0.29, 0.717) is 29.1 Å². The van der Waals surface area contributed by atoms with Crippen LogP contribution in [-0.2, 0) is 23.0 Å². The van der Waals surface area contributed by atoms with Gasteiger partial charge in [-0.05, 0) is 18.2 Å². The number of halogens is 1. The summed E-state index contributed by atoms with van der Waals surface area (Å²) in [5.41, 5.74) is 1.09. The van der Waals surface area contributed by atoms with Crippen LogP contribution < -0.4 is 4.72 Å². The fourth-order valence-electron chi connectivity index (χ4n) is 2.02. The molecule has 2 heterocycles. The zero-order valence-corrected chi connectivity index (χ0v) is 12.5. The minimum absolute atomic E-state index is 0.00602. The molecule has 3 rings (SSSR count). The number of aryl methyl sites for hydroxylation is 1. The Balaban J connectivity index is 1.77. The summed E-state index contributed by atoms with van der Waals surface area (Å²) in [7, 11) is -3.70. The third kappa shape index (κ3) is 2.85. The quantitative estimate of drug-likeness (QED) is 0.661. The molecule has 3 N–H and O–H groups in total. The number of sulfonamides is 1. The van der Waals surface area contributed by atoms with Crippen LogP contribution in [0.4, 0.5) is 4.39 Å². The molecule has 9 heteroatoms. The highest BCUT2D eigenvalue weighted by atomic mass is 32.2. The second-order valence-corrected chi connectivity index (χ2v) is 6.45. The van der Waals surface area contributed by atoms with Crippen LogP contribution in [0.1, 0.15) is 18.6 Å². The number of hydrogen-bond donors (Lipinski definition) is 3. The Labute approximate surface area is 126 Å². The van der Waals surface area contributed by atoms with E-state index in [0.717, 1.165) is 0 Å². The number of hydrogen-bond acceptors (Lipinski definition) is 4. The van der Waals surface area contributed by atoms with E-state index in [1.54, 1.807) is 0 Å². The molecule has 0 aliphatic heterocycles. The van der Waals surface area contributed by atoms with Crippen LogP contribution in [0.3, 0.4) is 0 Å². The molecule has 0 radical (unpaired) electrons. The molecule has 0 saturated heterocycles. The van der Waals surface area contributed by atoms with Crippen molar-refractivity contribution in [1.82, 2.24) is 24.7 Å². The molecule has 0 bridgehead atoms. The van der Waals surface area contributed by atoms with Crippen molar-refractivity contribution in [2.45, 2.75) is 24.9 Å². The van der Waals surface area contributed by atoms with Gasteiger partial charge in [-0.3, -0.25) is 0 Å². The van der Waals surface area contributed by atoms with Crippen molar-refractivity contribution in [1.29, 1.82) is 0 Å². The van der Waals surface area contributed by atoms with Gasteiger partial charge >= 0.3 is 0 Å². The molecular weight excluding hydrogens is 309 g/mol. The minimum atomic E-state index is -3.70. The first-order chi connectivity index (χ1) is 10.5. The Hall–Kier alpha value is -2.26. The lowest BCUT2D eigenvalue weighted by Crippen LogP contribution is -2.24. The van der Waals surface area contributed by atoms with Crippen LogP contribution in [0.5, 0.6) is 0 Å². The van der Waals surface area contributed by atoms with Crippen LogP contribution in [0.2, 0.25) is 0 Å². The summed E-state index contributed by atoms with van der Waals surface area (Å²) in [5.74, 6) is 0.617. The largest absolute Gasteiger partial charge is 0.341 e. The summed E-state index contributed by atoms with van der Waals surface area (Å²) < 4.78 is 39.8. The van der Waals surface area contributed by atoms with Crippen LogP contribution in [-0.4, -0.2) is 28.4 Å². The second-order valence-electron chi connectivity index (χ2n) is 4.72. The summed E-state index contributed by atoms with van der Waals surface area (Å²) in [6, 6.07) is 4.14. The average Bonchev–Trinajstić information content (AvgIpc) is 3.11. The lowest BCUT2D eigenvalue weighted by molar-refractivity contribution is 0.576. The molecule has 0 unspecified atom stereocenters. The van der Waals surface area contributed by atoms with Crippen LogP contribution in [0.25, 0.3) is 11.0 Å². The van der Waals surface area contributed by atoms with E-state index < -0.39 is 10.0 Å². The SMILES string of the molecule is CCc1ncc(S(=O)(=O)NCc2nc3ccc(F)cc3[nH]2)[nH]1. The molecule has 0 spiro atoms. The van der Waals surface area contributed by atoms with Crippen molar-refractivity contribution >= 4 is 21.1 Å². The number of rotatable bonds is 5. The summed E-state index contributed by atoms with van der Waals surface area (Å²) in [6.07, 6.45) is 1.89. The Morgan fingerprint density at radius 1 is 1.27 bits per heavy atom. The highest BCUT2D eigenvalue weighted by Gasteiger charge is 2.17. The maximum Gasteiger partial charge on any atom is 0.258 e. The maximum atomic E-state index is 13.1. The fourth-order valence-corrected chi connectivity index (χ4v) is 2.94. The van der Waals surface area contributed by atoms with E-state index in [1.807, 2.05) is 6.92 Å². The molecule has 0 amide bonds. The first kappa shape index (κ1) is 14.7. The van der Waals surface area contributed by atoms with Crippen molar-refractivity contribution < 1.29 is 12.8 Å². The molecule has 0 aliphatic carbocycles. The number of nitrogens with zero attached hydrogens (tertiary/aromatic N) is 2. The number of imidazole rings is 2. The van der Waals surface area contributed by atoms with Gasteiger partial charge in [-0.2, -0.15) is 0 Å². The van der Waals surface area contributed by atoms with Crippen LogP contribution in [0.15, 0.2) is 29.4 Å². The van der Waals surface area contributed by atoms with Gasteiger partial charge in [0.15, 0.2) is 5.03 Å². The first-order valence-electron chi connectivity index (χ1n) is 6.65. The zero-order valence-electron chi connectivity index (χ0n) is 11.7. The van der Waals surface area contributed by atoms with Gasteiger partial charge in [0.1, 0.15) is 17.5 Å². The van der Waals surface area contributed by atoms with Gasteiger partial charge in [0.05, 0.1) is 23.8 Å². The van der Waals surface area contributed by atoms with E-state index in [4.69, 9.17) is 0 Å². The molecule has 0 saturated carbocycles. The maximum absolute atomic E-state index is 13.1. The molecule has 7 nitrogen and oxygen atoms in total. The number of aromatic nitrogens is 4. The molecule has 22 heavy (non-hydrogen) atoms. The molecular formula is C13H14FN5O2S. The molecule has 0 fully saturated rings. The lowest BCUT2D eigenvalue weighted by atomic mass is 10.3. The molecule has 0 atom stereocenters. The predicted molar refractivity (Wildman–Crippen MR) is 78.0 cm³/mol. The Morgan fingerprint density at radius 3 is 2.82 bits per heavy atom. The highest BCUT2D eigenvalue weighted by molar-refractivity contribution is 7.89. The third-order valence-corrected chi connectivity index (χ3v) is 4.46. The van der Waals surface area contributed by atoms with E-state index in [2.05, 4.69) is 24.7 Å². The average molecular weight is 323 g/mol. The van der Waals surface area contributed by atoms with Gasteiger partial charge in [-0.1, -0.05) is 6.92 Å². The molecule has 2 aromatic heterocycles. The smallest absolute Gasteiger partial charge is 0.258 e. The van der Waals surface area contributed by atoms with Gasteiger partial charge in [0.25, 0.3) is 10.0 Å². The number of benzene rings is 1. The second kappa shape index (κ2) is 5.50. The van der Waals surface area contributed by atoms with Gasteiger partial charge in [0, 0.05) is 6.42 Å². The molecule has 1 aromatic carbocycles. The molecule has 116 valence electrons. The lowest BCUT2D eigenvalue weighted by Gasteiger charge is -2.02. The highest BCUT2D eigenvalue weighted by Crippen LogP contribution is 2.13. The number of aromatic amines is 2. The monoisotopic (exact) mass is 323 g/mol. The summed E-state index contributed by atoms with van der Waals surface area (Å²) in [4.78, 5) is 13.8. The minimum Gasteiger partial charge on any atom is -0.341 e. The Morgan fingerprint density at radius 2 is 2.09 bits per heavy atom. The molecule has 3 aromatic rings. The fraction of sp³-hybridized carbons (Fsp3) is 0.231. The van der Waals surface area contributed by atoms with Gasteiger partial charge in [0.2, 0.25) is 0 Å². The normalized spacial score (nSPS) is 12.1. The van der Waals surface area contributed by atoms with Crippen LogP contribution in [0, 0.1) is 5.82 Å². The van der Waals surface area contributed by atoms with E-state index >= 15 is 0 Å². The van der Waals surface area contributed by atoms with Crippen molar-refractivity contribution in [3.63, 3.8) is 0 Å². The van der Waals surface area contributed by atoms with Gasteiger partial charge in [-0.25, -0.2) is 27.5 Å². The van der Waals surface area contributed by atoms with Crippen molar-refractivity contribution in [3.8, 4) is 0 Å². The summed E-state index contributed by atoms with van der Waals surface area (Å²) in [6.45, 7) is 1.84. The molecule has 0 aliphatic rings. The Kier molecular flexibility index (Phi) is 3.67. The predicted octanol–water partition coefficient (Wildman–Crippen LogP) is 1.47. The first-order valence-corrected chi connectivity index (χ1v) is 8.14. The van der Waals surface area contributed by atoms with Crippen molar-refractivity contribution in [2.75, 3.05) is 0 Å². The van der Waals surface area contributed by atoms with Gasteiger partial charge < -0.3 is 9.97 Å². The summed E-state index contributed by atoms with van der Waals surface area (Å²) >= 11 is 0. The standard InChI is InChI=1S/C13H14FN5O2S/c1-2-11-15-7-13(19-11)22(20,21)16-6-12-17-9-4-3-8(14)5-10(9)18-12/h3-5,7,16H,2,6H2,1H3,(H,15,19)(H,17,18). The van der Waals surface area contributed by atoms with Crippen molar-refractivity contribution in [3.05, 3.63) is 41.9 Å². The third-order valence-electron chi connectivity index (χ3n) is 3.15. The van der Waals surface area contributed by atoms with E-state index in [-0.39, 0.29) is 17.4 Å². The Bertz CT molecular complexity index is 916. The number of H-pyrrole nitrogens is 2. The zero-order chi connectivity index (χ0) is 15.7. The number of fused-ring (bicyclic) bond motifs is 1. The van der Waals surface area contributed by atoms with Crippen molar-refractivity contribution in [2.24, 2.45) is 0 Å². The topological polar surface area (TPSA) is 104 Å². The van der Waals surface area contributed by atoms with E-state index in [1.165, 1.54) is 24.4 Å². The van der Waals surface area contributed by atoms with Gasteiger partial charge in [-0.15, -0.1) is 0 Å². The number of nitrogens with one attached hydrogen (secondary N) is 3. The van der Waals surface area contributed by atoms with E-state index in [9.17, 15) is 12.8 Å². The summed E-state index contributed by atoms with van der Waals surface area (Å²) in [5, 5.41) is 0.00602. The van der Waals surface area contributed by atoms with Crippen LogP contribution >= 0.6 is 0 Å².